The van der Waals surface area contributed by atoms with Crippen LogP contribution in [0.2, 0.25) is 0 Å². The maximum Gasteiger partial charge on any atom is 0.244 e. The Balaban J connectivity index is 2.57. The SMILES string of the molecule is C=C(Cl)CNC(=O)/C=C/c1ccccc1Br. The van der Waals surface area contributed by atoms with Gasteiger partial charge in [0.2, 0.25) is 5.91 Å². The number of carbonyl (C=O) groups excluding carboxylic acids is 1. The Labute approximate surface area is 108 Å². The van der Waals surface area contributed by atoms with Gasteiger partial charge in [-0.25, -0.2) is 0 Å². The fraction of sp³-hybridized carbons (Fsp3) is 0.0833. The standard InChI is InChI=1S/C12H11BrClNO/c1-9(14)8-15-12(16)7-6-10-4-2-3-5-11(10)13/h2-7H,1,8H2,(H,15,16)/b7-6+. The van der Waals surface area contributed by atoms with Gasteiger partial charge in [-0.3, -0.25) is 4.79 Å². The highest BCUT2D eigenvalue weighted by atomic mass is 79.9. The number of carbonyl (C=O) groups is 1. The zero-order chi connectivity index (χ0) is 12.0. The molecule has 0 atom stereocenters. The summed E-state index contributed by atoms with van der Waals surface area (Å²) in [6, 6.07) is 7.65. The predicted octanol–water partition coefficient (Wildman–Crippen LogP) is 3.33. The third-order valence-electron chi connectivity index (χ3n) is 1.77. The topological polar surface area (TPSA) is 29.1 Å². The third kappa shape index (κ3) is 4.64. The molecule has 0 aromatic heterocycles. The summed E-state index contributed by atoms with van der Waals surface area (Å²) in [6.45, 7) is 3.76. The van der Waals surface area contributed by atoms with E-state index in [1.165, 1.54) is 6.08 Å². The number of rotatable bonds is 4. The van der Waals surface area contributed by atoms with Crippen LogP contribution in [-0.2, 0) is 4.79 Å². The molecule has 1 aromatic rings. The molecule has 0 radical (unpaired) electrons. The first kappa shape index (κ1) is 13.0. The van der Waals surface area contributed by atoms with E-state index >= 15 is 0 Å². The zero-order valence-corrected chi connectivity index (χ0v) is 10.9. The van der Waals surface area contributed by atoms with Gasteiger partial charge in [0.15, 0.2) is 0 Å². The molecule has 2 nitrogen and oxygen atoms in total. The Morgan fingerprint density at radius 2 is 2.19 bits per heavy atom. The first-order valence-electron chi connectivity index (χ1n) is 4.63. The van der Waals surface area contributed by atoms with Crippen molar-refractivity contribution in [3.8, 4) is 0 Å². The quantitative estimate of drug-likeness (QED) is 0.849. The van der Waals surface area contributed by atoms with Gasteiger partial charge in [0.1, 0.15) is 0 Å². The molecule has 0 aliphatic carbocycles. The van der Waals surface area contributed by atoms with Crippen LogP contribution in [0.3, 0.4) is 0 Å². The summed E-state index contributed by atoms with van der Waals surface area (Å²) in [5.41, 5.74) is 0.947. The van der Waals surface area contributed by atoms with Crippen LogP contribution in [0.4, 0.5) is 0 Å². The second kappa shape index (κ2) is 6.51. The van der Waals surface area contributed by atoms with E-state index in [9.17, 15) is 4.79 Å². The van der Waals surface area contributed by atoms with Crippen molar-refractivity contribution in [2.75, 3.05) is 6.54 Å². The lowest BCUT2D eigenvalue weighted by Crippen LogP contribution is -2.21. The number of hydrogen-bond donors (Lipinski definition) is 1. The molecule has 0 spiro atoms. The summed E-state index contributed by atoms with van der Waals surface area (Å²) in [6.07, 6.45) is 3.19. The number of amides is 1. The van der Waals surface area contributed by atoms with Crippen LogP contribution in [0, 0.1) is 0 Å². The fourth-order valence-electron chi connectivity index (χ4n) is 1.02. The fourth-order valence-corrected chi connectivity index (χ4v) is 1.50. The minimum atomic E-state index is -0.197. The molecule has 0 bridgehead atoms. The second-order valence-corrected chi connectivity index (χ2v) is 4.48. The molecule has 4 heteroatoms. The number of hydrogen-bond acceptors (Lipinski definition) is 1. The zero-order valence-electron chi connectivity index (χ0n) is 8.54. The van der Waals surface area contributed by atoms with Gasteiger partial charge in [-0.05, 0) is 17.7 Å². The van der Waals surface area contributed by atoms with E-state index in [4.69, 9.17) is 11.6 Å². The number of halogens is 2. The minimum absolute atomic E-state index is 0.197. The Morgan fingerprint density at radius 1 is 1.50 bits per heavy atom. The number of nitrogens with one attached hydrogen (secondary N) is 1. The van der Waals surface area contributed by atoms with Crippen molar-refractivity contribution < 1.29 is 4.79 Å². The molecule has 0 heterocycles. The van der Waals surface area contributed by atoms with E-state index in [0.717, 1.165) is 10.0 Å². The van der Waals surface area contributed by atoms with E-state index in [-0.39, 0.29) is 12.5 Å². The molecule has 1 amide bonds. The lowest BCUT2D eigenvalue weighted by molar-refractivity contribution is -0.116. The van der Waals surface area contributed by atoms with Crippen molar-refractivity contribution in [2.24, 2.45) is 0 Å². The Hall–Kier alpha value is -1.06. The molecule has 0 fully saturated rings. The van der Waals surface area contributed by atoms with Crippen molar-refractivity contribution >= 4 is 39.5 Å². The van der Waals surface area contributed by atoms with Crippen molar-refractivity contribution in [1.29, 1.82) is 0 Å². The van der Waals surface area contributed by atoms with Crippen LogP contribution in [-0.4, -0.2) is 12.5 Å². The molecule has 0 saturated heterocycles. The van der Waals surface area contributed by atoms with Crippen molar-refractivity contribution in [1.82, 2.24) is 5.32 Å². The van der Waals surface area contributed by atoms with E-state index in [1.54, 1.807) is 6.08 Å². The highest BCUT2D eigenvalue weighted by molar-refractivity contribution is 9.10. The second-order valence-electron chi connectivity index (χ2n) is 3.09. The van der Waals surface area contributed by atoms with Crippen LogP contribution in [0.1, 0.15) is 5.56 Å². The van der Waals surface area contributed by atoms with E-state index < -0.39 is 0 Å². The van der Waals surface area contributed by atoms with Gasteiger partial charge in [-0.1, -0.05) is 52.3 Å². The average molecular weight is 301 g/mol. The lowest BCUT2D eigenvalue weighted by atomic mass is 10.2. The van der Waals surface area contributed by atoms with Gasteiger partial charge in [0.25, 0.3) is 0 Å². The minimum Gasteiger partial charge on any atom is -0.348 e. The van der Waals surface area contributed by atoms with Crippen LogP contribution in [0.25, 0.3) is 6.08 Å². The van der Waals surface area contributed by atoms with Crippen molar-refractivity contribution in [3.63, 3.8) is 0 Å². The monoisotopic (exact) mass is 299 g/mol. The van der Waals surface area contributed by atoms with Gasteiger partial charge < -0.3 is 5.32 Å². The molecular formula is C12H11BrClNO. The molecule has 0 aliphatic heterocycles. The van der Waals surface area contributed by atoms with Crippen LogP contribution >= 0.6 is 27.5 Å². The lowest BCUT2D eigenvalue weighted by Gasteiger charge is -1.99. The van der Waals surface area contributed by atoms with Gasteiger partial charge in [0, 0.05) is 15.6 Å². The summed E-state index contributed by atoms with van der Waals surface area (Å²) in [5, 5.41) is 3.00. The molecule has 1 rings (SSSR count). The van der Waals surface area contributed by atoms with E-state index in [2.05, 4.69) is 27.8 Å². The van der Waals surface area contributed by atoms with Gasteiger partial charge in [0.05, 0.1) is 6.54 Å². The molecular weight excluding hydrogens is 289 g/mol. The highest BCUT2D eigenvalue weighted by Gasteiger charge is 1.97. The Kier molecular flexibility index (Phi) is 5.29. The first-order chi connectivity index (χ1) is 7.59. The molecule has 0 saturated carbocycles. The maximum absolute atomic E-state index is 11.3. The summed E-state index contributed by atoms with van der Waals surface area (Å²) in [5.74, 6) is -0.197. The molecule has 1 N–H and O–H groups in total. The number of benzene rings is 1. The average Bonchev–Trinajstić information content (AvgIpc) is 2.25. The molecule has 16 heavy (non-hydrogen) atoms. The molecule has 84 valence electrons. The van der Waals surface area contributed by atoms with E-state index in [1.807, 2.05) is 24.3 Å². The van der Waals surface area contributed by atoms with Crippen LogP contribution in [0.15, 0.2) is 46.4 Å². The normalized spacial score (nSPS) is 10.4. The first-order valence-corrected chi connectivity index (χ1v) is 5.80. The van der Waals surface area contributed by atoms with Crippen molar-refractivity contribution in [2.45, 2.75) is 0 Å². The smallest absolute Gasteiger partial charge is 0.244 e. The highest BCUT2D eigenvalue weighted by Crippen LogP contribution is 2.16. The summed E-state index contributed by atoms with van der Waals surface area (Å²) < 4.78 is 0.945. The molecule has 1 aromatic carbocycles. The Morgan fingerprint density at radius 3 is 2.81 bits per heavy atom. The van der Waals surface area contributed by atoms with Gasteiger partial charge >= 0.3 is 0 Å². The molecule has 0 unspecified atom stereocenters. The largest absolute Gasteiger partial charge is 0.348 e. The summed E-state index contributed by atoms with van der Waals surface area (Å²) in [4.78, 5) is 11.3. The third-order valence-corrected chi connectivity index (χ3v) is 2.63. The Bertz CT molecular complexity index is 429. The molecule has 0 aliphatic rings. The van der Waals surface area contributed by atoms with Gasteiger partial charge in [-0.15, -0.1) is 0 Å². The van der Waals surface area contributed by atoms with Crippen LogP contribution < -0.4 is 5.32 Å². The predicted molar refractivity (Wildman–Crippen MR) is 71.2 cm³/mol. The summed E-state index contributed by atoms with van der Waals surface area (Å²) in [7, 11) is 0. The maximum atomic E-state index is 11.3. The van der Waals surface area contributed by atoms with Crippen molar-refractivity contribution in [3.05, 3.63) is 52.0 Å². The summed E-state index contributed by atoms with van der Waals surface area (Å²) >= 11 is 8.91. The van der Waals surface area contributed by atoms with E-state index in [0.29, 0.717) is 5.03 Å². The van der Waals surface area contributed by atoms with Gasteiger partial charge in [-0.2, -0.15) is 0 Å². The van der Waals surface area contributed by atoms with Crippen LogP contribution in [0.5, 0.6) is 0 Å².